The average molecular weight is 401 g/mol. The Balaban J connectivity index is 1.31. The van der Waals surface area contributed by atoms with E-state index < -0.39 is 0 Å². The molecule has 8 heteroatoms. The van der Waals surface area contributed by atoms with E-state index >= 15 is 0 Å². The Hall–Kier alpha value is -3.55. The smallest absolute Gasteiger partial charge is 0.266 e. The van der Waals surface area contributed by atoms with Crippen molar-refractivity contribution in [2.45, 2.75) is 26.3 Å². The highest BCUT2D eigenvalue weighted by Gasteiger charge is 2.23. The Morgan fingerprint density at radius 2 is 1.80 bits per heavy atom. The first-order valence-electron chi connectivity index (χ1n) is 10.2. The molecule has 4 aromatic rings. The summed E-state index contributed by atoms with van der Waals surface area (Å²) in [5, 5.41) is 19.9. The van der Waals surface area contributed by atoms with Gasteiger partial charge in [-0.3, -0.25) is 4.79 Å². The lowest BCUT2D eigenvalue weighted by Crippen LogP contribution is -2.37. The van der Waals surface area contributed by atoms with Crippen LogP contribution >= 0.6 is 0 Å². The van der Waals surface area contributed by atoms with Gasteiger partial charge < -0.3 is 4.90 Å². The Kier molecular flexibility index (Phi) is 4.74. The molecule has 5 rings (SSSR count). The van der Waals surface area contributed by atoms with Crippen LogP contribution in [-0.2, 0) is 6.54 Å². The van der Waals surface area contributed by atoms with Gasteiger partial charge in [0.25, 0.3) is 5.56 Å². The molecule has 1 saturated heterocycles. The summed E-state index contributed by atoms with van der Waals surface area (Å²) in [5.74, 6) is 1.99. The van der Waals surface area contributed by atoms with Gasteiger partial charge in [0, 0.05) is 48.9 Å². The molecule has 152 valence electrons. The van der Waals surface area contributed by atoms with Gasteiger partial charge in [-0.1, -0.05) is 24.3 Å². The summed E-state index contributed by atoms with van der Waals surface area (Å²) in [7, 11) is 0. The molecular formula is C22H23N7O. The van der Waals surface area contributed by atoms with E-state index in [1.54, 1.807) is 27.7 Å². The van der Waals surface area contributed by atoms with Crippen LogP contribution in [0.3, 0.4) is 0 Å². The maximum Gasteiger partial charge on any atom is 0.266 e. The molecule has 0 spiro atoms. The first kappa shape index (κ1) is 18.5. The molecule has 4 heterocycles. The van der Waals surface area contributed by atoms with Crippen LogP contribution in [0.25, 0.3) is 16.6 Å². The van der Waals surface area contributed by atoms with Crippen molar-refractivity contribution in [3.05, 3.63) is 70.9 Å². The van der Waals surface area contributed by atoms with Crippen molar-refractivity contribution in [3.8, 4) is 5.82 Å². The van der Waals surface area contributed by atoms with E-state index in [-0.39, 0.29) is 5.56 Å². The number of benzene rings is 1. The Morgan fingerprint density at radius 3 is 2.57 bits per heavy atom. The molecule has 8 nitrogen and oxygen atoms in total. The van der Waals surface area contributed by atoms with E-state index in [1.165, 1.54) is 0 Å². The zero-order valence-corrected chi connectivity index (χ0v) is 16.8. The van der Waals surface area contributed by atoms with Gasteiger partial charge in [0.2, 0.25) is 0 Å². The lowest BCUT2D eigenvalue weighted by atomic mass is 9.96. The maximum absolute atomic E-state index is 12.3. The monoisotopic (exact) mass is 401 g/mol. The average Bonchev–Trinajstić information content (AvgIpc) is 3.32. The third-order valence-corrected chi connectivity index (χ3v) is 5.79. The van der Waals surface area contributed by atoms with Crippen LogP contribution in [0, 0.1) is 12.8 Å². The summed E-state index contributed by atoms with van der Waals surface area (Å²) in [6.45, 7) is 4.38. The number of fused-ring (bicyclic) bond motifs is 1. The van der Waals surface area contributed by atoms with Gasteiger partial charge in [0.05, 0.1) is 5.69 Å². The lowest BCUT2D eigenvalue weighted by Gasteiger charge is -2.33. The summed E-state index contributed by atoms with van der Waals surface area (Å²) in [6, 6.07) is 13.4. The minimum absolute atomic E-state index is 0.0799. The van der Waals surface area contributed by atoms with E-state index in [2.05, 4.69) is 37.4 Å². The second-order valence-corrected chi connectivity index (χ2v) is 7.75. The van der Waals surface area contributed by atoms with Crippen molar-refractivity contribution in [1.29, 1.82) is 0 Å². The molecule has 1 fully saturated rings. The highest BCUT2D eigenvalue weighted by atomic mass is 16.1. The van der Waals surface area contributed by atoms with Crippen molar-refractivity contribution in [1.82, 2.24) is 29.8 Å². The Bertz CT molecular complexity index is 1220. The summed E-state index contributed by atoms with van der Waals surface area (Å²) < 4.78 is 3.23. The molecule has 0 N–H and O–H groups in total. The molecular weight excluding hydrogens is 378 g/mol. The molecule has 30 heavy (non-hydrogen) atoms. The molecule has 0 radical (unpaired) electrons. The minimum atomic E-state index is -0.0799. The fraction of sp³-hybridized carbons (Fsp3) is 0.318. The van der Waals surface area contributed by atoms with Gasteiger partial charge in [-0.25, -0.2) is 9.36 Å². The van der Waals surface area contributed by atoms with Gasteiger partial charge in [0.1, 0.15) is 0 Å². The van der Waals surface area contributed by atoms with Crippen LogP contribution in [0.15, 0.2) is 59.7 Å². The first-order chi connectivity index (χ1) is 14.7. The van der Waals surface area contributed by atoms with Crippen molar-refractivity contribution in [3.63, 3.8) is 0 Å². The molecule has 1 aromatic carbocycles. The number of rotatable bonds is 4. The number of hydrogen-bond donors (Lipinski definition) is 0. The maximum atomic E-state index is 12.3. The summed E-state index contributed by atoms with van der Waals surface area (Å²) in [4.78, 5) is 14.6. The number of hydrogen-bond acceptors (Lipinski definition) is 6. The van der Waals surface area contributed by atoms with Crippen molar-refractivity contribution in [2.24, 2.45) is 5.92 Å². The number of anilines is 1. The normalized spacial score (nSPS) is 15.0. The molecule has 3 aromatic heterocycles. The molecule has 1 aliphatic rings. The molecule has 0 unspecified atom stereocenters. The van der Waals surface area contributed by atoms with Gasteiger partial charge in [-0.15, -0.1) is 10.2 Å². The second kappa shape index (κ2) is 7.70. The molecule has 0 aliphatic carbocycles. The van der Waals surface area contributed by atoms with Gasteiger partial charge in [0.15, 0.2) is 11.6 Å². The van der Waals surface area contributed by atoms with Gasteiger partial charge >= 0.3 is 0 Å². The van der Waals surface area contributed by atoms with Crippen LogP contribution in [0.4, 0.5) is 5.82 Å². The molecule has 0 atom stereocenters. The predicted octanol–water partition coefficient (Wildman–Crippen LogP) is 2.60. The fourth-order valence-electron chi connectivity index (χ4n) is 4.12. The minimum Gasteiger partial charge on any atom is -0.355 e. The number of nitrogens with zero attached hydrogens (tertiary/aromatic N) is 7. The predicted molar refractivity (Wildman–Crippen MR) is 115 cm³/mol. The summed E-state index contributed by atoms with van der Waals surface area (Å²) >= 11 is 0. The van der Waals surface area contributed by atoms with E-state index in [4.69, 9.17) is 0 Å². The van der Waals surface area contributed by atoms with Crippen LogP contribution in [0.1, 0.15) is 18.5 Å². The van der Waals surface area contributed by atoms with Crippen LogP contribution in [0.2, 0.25) is 0 Å². The highest BCUT2D eigenvalue weighted by molar-refractivity contribution is 5.93. The van der Waals surface area contributed by atoms with Crippen molar-refractivity contribution in [2.75, 3.05) is 18.0 Å². The molecule has 1 aliphatic heterocycles. The van der Waals surface area contributed by atoms with Crippen LogP contribution in [-0.4, -0.2) is 42.8 Å². The van der Waals surface area contributed by atoms with Gasteiger partial charge in [-0.05, 0) is 37.8 Å². The third-order valence-electron chi connectivity index (χ3n) is 5.79. The molecule has 0 saturated carbocycles. The van der Waals surface area contributed by atoms with E-state index in [1.807, 2.05) is 31.3 Å². The molecule has 0 bridgehead atoms. The number of piperidine rings is 1. The Labute approximate surface area is 173 Å². The zero-order valence-electron chi connectivity index (χ0n) is 16.8. The second-order valence-electron chi connectivity index (χ2n) is 7.75. The standard InChI is InChI=1S/C22H23N7O/c1-16-18-5-2-3-6-19(18)22(25-24-16)27-13-9-17(10-14-27)15-29-21(30)8-7-20(26-29)28-12-4-11-23-28/h2-8,11-12,17H,9-10,13-15H2,1H3. The fourth-order valence-corrected chi connectivity index (χ4v) is 4.12. The topological polar surface area (TPSA) is 81.7 Å². The Morgan fingerprint density at radius 1 is 1.00 bits per heavy atom. The molecule has 0 amide bonds. The SMILES string of the molecule is Cc1nnc(N2CCC(Cn3nc(-n4cccn4)ccc3=O)CC2)c2ccccc12. The largest absolute Gasteiger partial charge is 0.355 e. The number of aromatic nitrogens is 6. The van der Waals surface area contributed by atoms with Crippen LogP contribution in [0.5, 0.6) is 0 Å². The van der Waals surface area contributed by atoms with Crippen molar-refractivity contribution >= 4 is 16.6 Å². The highest BCUT2D eigenvalue weighted by Crippen LogP contribution is 2.29. The van der Waals surface area contributed by atoms with E-state index in [0.29, 0.717) is 18.3 Å². The first-order valence-corrected chi connectivity index (χ1v) is 10.2. The lowest BCUT2D eigenvalue weighted by molar-refractivity contribution is 0.333. The van der Waals surface area contributed by atoms with Crippen LogP contribution < -0.4 is 10.5 Å². The van der Waals surface area contributed by atoms with Gasteiger partial charge in [-0.2, -0.15) is 10.2 Å². The summed E-state index contributed by atoms with van der Waals surface area (Å²) in [6.07, 6.45) is 5.47. The van der Waals surface area contributed by atoms with E-state index in [9.17, 15) is 4.79 Å². The quantitative estimate of drug-likeness (QED) is 0.523. The summed E-state index contributed by atoms with van der Waals surface area (Å²) in [5.41, 5.74) is 0.871. The third kappa shape index (κ3) is 3.45. The zero-order chi connectivity index (χ0) is 20.5. The van der Waals surface area contributed by atoms with Crippen molar-refractivity contribution < 1.29 is 0 Å². The number of aryl methyl sites for hydroxylation is 1. The van der Waals surface area contributed by atoms with E-state index in [0.717, 1.165) is 48.2 Å².